The van der Waals surface area contributed by atoms with E-state index < -0.39 is 5.97 Å². The summed E-state index contributed by atoms with van der Waals surface area (Å²) in [6.45, 7) is 0. The number of aromatic nitrogens is 3. The van der Waals surface area contributed by atoms with E-state index >= 15 is 0 Å². The Labute approximate surface area is 154 Å². The van der Waals surface area contributed by atoms with Crippen molar-refractivity contribution in [3.63, 3.8) is 0 Å². The molecule has 3 aromatic rings. The number of amides is 1. The fourth-order valence-corrected chi connectivity index (χ4v) is 3.19. The van der Waals surface area contributed by atoms with E-state index in [1.165, 1.54) is 5.01 Å². The van der Waals surface area contributed by atoms with Crippen LogP contribution in [-0.4, -0.2) is 42.7 Å². The van der Waals surface area contributed by atoms with Gasteiger partial charge >= 0.3 is 5.97 Å². The zero-order valence-electron chi connectivity index (χ0n) is 14.4. The molecule has 136 valence electrons. The van der Waals surface area contributed by atoms with Crippen LogP contribution in [0.1, 0.15) is 36.6 Å². The molecule has 0 saturated heterocycles. The Balaban J connectivity index is 1.67. The summed E-state index contributed by atoms with van der Waals surface area (Å²) in [5.74, 6) is -1.32. The largest absolute Gasteiger partial charge is 0.481 e. The predicted octanol–water partition coefficient (Wildman–Crippen LogP) is 2.50. The molecule has 0 unspecified atom stereocenters. The van der Waals surface area contributed by atoms with Crippen LogP contribution in [-0.2, 0) is 9.59 Å². The third kappa shape index (κ3) is 3.41. The number of hydrogen-bond acceptors (Lipinski definition) is 5. The van der Waals surface area contributed by atoms with Crippen molar-refractivity contribution in [1.29, 1.82) is 0 Å². The van der Waals surface area contributed by atoms with Crippen molar-refractivity contribution >= 4 is 28.6 Å². The van der Waals surface area contributed by atoms with Crippen molar-refractivity contribution in [2.45, 2.75) is 25.3 Å². The van der Waals surface area contributed by atoms with Gasteiger partial charge in [0.15, 0.2) is 0 Å². The molecule has 1 amide bonds. The van der Waals surface area contributed by atoms with Gasteiger partial charge in [0.05, 0.1) is 34.9 Å². The smallest absolute Gasteiger partial charge is 0.303 e. The minimum atomic E-state index is -1.01. The highest BCUT2D eigenvalue weighted by molar-refractivity contribution is 6.02. The maximum absolute atomic E-state index is 12.6. The zero-order valence-corrected chi connectivity index (χ0v) is 14.4. The third-order valence-electron chi connectivity index (χ3n) is 4.51. The number of aliphatic carboxylic acids is 1. The number of fused-ring (bicyclic) bond motifs is 1. The van der Waals surface area contributed by atoms with Crippen molar-refractivity contribution in [2.24, 2.45) is 5.10 Å². The number of nitrogens with one attached hydrogen (secondary N) is 1. The number of nitrogens with zero attached hydrogens (tertiary/aromatic N) is 4. The van der Waals surface area contributed by atoms with Crippen LogP contribution in [0.4, 0.5) is 0 Å². The Morgan fingerprint density at radius 3 is 2.70 bits per heavy atom. The van der Waals surface area contributed by atoms with Crippen LogP contribution in [0.25, 0.3) is 11.0 Å². The lowest BCUT2D eigenvalue weighted by atomic mass is 9.99. The molecular weight excluding hydrogens is 346 g/mol. The van der Waals surface area contributed by atoms with Gasteiger partial charge in [-0.25, -0.2) is 5.01 Å². The Hall–Kier alpha value is -3.55. The molecule has 0 bridgehead atoms. The predicted molar refractivity (Wildman–Crippen MR) is 97.9 cm³/mol. The second kappa shape index (κ2) is 6.99. The molecule has 0 fully saturated rings. The fraction of sp³-hybridized carbons (Fsp3) is 0.211. The van der Waals surface area contributed by atoms with Gasteiger partial charge in [-0.3, -0.25) is 19.6 Å². The molecule has 8 heteroatoms. The van der Waals surface area contributed by atoms with E-state index in [1.807, 2.05) is 30.3 Å². The lowest BCUT2D eigenvalue weighted by molar-refractivity contribution is -0.141. The maximum Gasteiger partial charge on any atom is 0.303 e. The van der Waals surface area contributed by atoms with E-state index in [4.69, 9.17) is 5.11 Å². The highest BCUT2D eigenvalue weighted by Crippen LogP contribution is 2.34. The van der Waals surface area contributed by atoms with Crippen LogP contribution in [0.3, 0.4) is 0 Å². The van der Waals surface area contributed by atoms with Gasteiger partial charge in [0, 0.05) is 31.4 Å². The molecule has 2 N–H and O–H groups in total. The molecule has 4 rings (SSSR count). The molecule has 8 nitrogen and oxygen atoms in total. The molecular formula is C19H17N5O3. The number of hydrazone groups is 1. The fourth-order valence-electron chi connectivity index (χ4n) is 3.19. The van der Waals surface area contributed by atoms with Gasteiger partial charge in [-0.15, -0.1) is 0 Å². The molecule has 1 aliphatic rings. The molecule has 2 aromatic heterocycles. The van der Waals surface area contributed by atoms with Gasteiger partial charge in [0.1, 0.15) is 0 Å². The number of carbonyl (C=O) groups is 2. The summed E-state index contributed by atoms with van der Waals surface area (Å²) in [4.78, 5) is 35.2. The second-order valence-corrected chi connectivity index (χ2v) is 6.29. The van der Waals surface area contributed by atoms with Gasteiger partial charge in [0.2, 0.25) is 5.91 Å². The standard InChI is InChI=1S/C19H17N5O3/c25-18(5-6-19(26)27)24-17(11-16(23-24)13-2-1-7-20-13)12-3-4-14-15(10-12)22-9-8-21-14/h1-4,7-10,17,20H,5-6,11H2,(H,26,27)/t17-/m1/s1. The zero-order chi connectivity index (χ0) is 18.8. The topological polar surface area (TPSA) is 112 Å². The highest BCUT2D eigenvalue weighted by atomic mass is 16.4. The summed E-state index contributed by atoms with van der Waals surface area (Å²) < 4.78 is 0. The van der Waals surface area contributed by atoms with E-state index in [0.717, 1.165) is 28.0 Å². The number of H-pyrrole nitrogens is 1. The van der Waals surface area contributed by atoms with Crippen LogP contribution in [0.15, 0.2) is 54.0 Å². The SMILES string of the molecule is O=C(O)CCC(=O)N1N=C(c2ccc[nH]2)C[C@@H]1c1ccc2nccnc2c1. The summed E-state index contributed by atoms with van der Waals surface area (Å²) in [6, 6.07) is 9.13. The summed E-state index contributed by atoms with van der Waals surface area (Å²) in [7, 11) is 0. The Kier molecular flexibility index (Phi) is 4.37. The molecule has 0 radical (unpaired) electrons. The number of aromatic amines is 1. The Morgan fingerprint density at radius 2 is 1.96 bits per heavy atom. The first-order chi connectivity index (χ1) is 13.1. The number of rotatable bonds is 5. The second-order valence-electron chi connectivity index (χ2n) is 6.29. The normalized spacial score (nSPS) is 16.5. The summed E-state index contributed by atoms with van der Waals surface area (Å²) in [5, 5.41) is 14.8. The van der Waals surface area contributed by atoms with Crippen LogP contribution < -0.4 is 0 Å². The van der Waals surface area contributed by atoms with Gasteiger partial charge in [0.25, 0.3) is 0 Å². The van der Waals surface area contributed by atoms with Crippen molar-refractivity contribution in [2.75, 3.05) is 0 Å². The summed E-state index contributed by atoms with van der Waals surface area (Å²) in [6.07, 6.45) is 5.26. The van der Waals surface area contributed by atoms with Gasteiger partial charge in [-0.2, -0.15) is 5.10 Å². The Bertz CT molecular complexity index is 1030. The maximum atomic E-state index is 12.6. The highest BCUT2D eigenvalue weighted by Gasteiger charge is 2.33. The van der Waals surface area contributed by atoms with Gasteiger partial charge in [-0.1, -0.05) is 6.07 Å². The number of carboxylic acids is 1. The average molecular weight is 363 g/mol. The van der Waals surface area contributed by atoms with Gasteiger partial charge in [-0.05, 0) is 29.8 Å². The van der Waals surface area contributed by atoms with E-state index in [-0.39, 0.29) is 24.8 Å². The van der Waals surface area contributed by atoms with Gasteiger partial charge < -0.3 is 10.1 Å². The molecule has 1 aromatic carbocycles. The third-order valence-corrected chi connectivity index (χ3v) is 4.51. The first kappa shape index (κ1) is 16.9. The summed E-state index contributed by atoms with van der Waals surface area (Å²) >= 11 is 0. The molecule has 3 heterocycles. The minimum Gasteiger partial charge on any atom is -0.481 e. The van der Waals surface area contributed by atoms with Crippen molar-refractivity contribution in [3.05, 3.63) is 60.2 Å². The average Bonchev–Trinajstić information content (AvgIpc) is 3.35. The quantitative estimate of drug-likeness (QED) is 0.723. The van der Waals surface area contributed by atoms with E-state index in [0.29, 0.717) is 6.42 Å². The lowest BCUT2D eigenvalue weighted by Crippen LogP contribution is -2.27. The van der Waals surface area contributed by atoms with Crippen LogP contribution in [0.5, 0.6) is 0 Å². The van der Waals surface area contributed by atoms with E-state index in [1.54, 1.807) is 18.6 Å². The Morgan fingerprint density at radius 1 is 1.15 bits per heavy atom. The molecule has 1 aliphatic heterocycles. The molecule has 0 aliphatic carbocycles. The van der Waals surface area contributed by atoms with Crippen molar-refractivity contribution < 1.29 is 14.7 Å². The number of hydrogen-bond donors (Lipinski definition) is 2. The minimum absolute atomic E-state index is 0.0965. The molecule has 0 saturated carbocycles. The number of carbonyl (C=O) groups excluding carboxylic acids is 1. The van der Waals surface area contributed by atoms with Crippen molar-refractivity contribution in [1.82, 2.24) is 20.0 Å². The van der Waals surface area contributed by atoms with Crippen LogP contribution in [0.2, 0.25) is 0 Å². The monoisotopic (exact) mass is 363 g/mol. The molecule has 27 heavy (non-hydrogen) atoms. The first-order valence-corrected chi connectivity index (χ1v) is 8.57. The number of benzene rings is 1. The van der Waals surface area contributed by atoms with Crippen LogP contribution >= 0.6 is 0 Å². The lowest BCUT2D eigenvalue weighted by Gasteiger charge is -2.22. The van der Waals surface area contributed by atoms with E-state index in [9.17, 15) is 9.59 Å². The molecule has 1 atom stereocenters. The first-order valence-electron chi connectivity index (χ1n) is 8.57. The number of carboxylic acid groups (broad SMARTS) is 1. The summed E-state index contributed by atoms with van der Waals surface area (Å²) in [5.41, 5.74) is 3.99. The van der Waals surface area contributed by atoms with Crippen LogP contribution in [0, 0.1) is 0 Å². The van der Waals surface area contributed by atoms with E-state index in [2.05, 4.69) is 20.1 Å². The molecule has 0 spiro atoms. The van der Waals surface area contributed by atoms with Crippen molar-refractivity contribution in [3.8, 4) is 0 Å².